The topological polar surface area (TPSA) is 149 Å². The van der Waals surface area contributed by atoms with Gasteiger partial charge in [-0.25, -0.2) is 0 Å². The summed E-state index contributed by atoms with van der Waals surface area (Å²) in [4.78, 5) is 13.0. The Morgan fingerprint density at radius 3 is 1.15 bits per heavy atom. The summed E-state index contributed by atoms with van der Waals surface area (Å²) >= 11 is 0. The van der Waals surface area contributed by atoms with Gasteiger partial charge in [-0.05, 0) is 19.3 Å². The van der Waals surface area contributed by atoms with Gasteiger partial charge in [0, 0.05) is 6.42 Å². The molecule has 0 spiro atoms. The van der Waals surface area contributed by atoms with Gasteiger partial charge < -0.3 is 40.3 Å². The first-order chi connectivity index (χ1) is 33.3. The van der Waals surface area contributed by atoms with E-state index in [9.17, 15) is 30.3 Å². The maximum absolute atomic E-state index is 13.0. The number of ether oxygens (including phenoxy) is 2. The van der Waals surface area contributed by atoms with Crippen LogP contribution in [0.1, 0.15) is 303 Å². The number of hydrogen-bond donors (Lipinski definition) is 6. The molecule has 404 valence electrons. The van der Waals surface area contributed by atoms with Gasteiger partial charge in [-0.15, -0.1) is 0 Å². The minimum absolute atomic E-state index is 0.170. The van der Waals surface area contributed by atoms with Crippen molar-refractivity contribution >= 4 is 5.91 Å². The van der Waals surface area contributed by atoms with E-state index in [4.69, 9.17) is 9.47 Å². The maximum atomic E-state index is 13.0. The molecule has 9 nitrogen and oxygen atoms in total. The Balaban J connectivity index is 2.13. The number of unbranched alkanes of at least 4 members (excludes halogenated alkanes) is 42. The van der Waals surface area contributed by atoms with E-state index in [-0.39, 0.29) is 12.5 Å². The summed E-state index contributed by atoms with van der Waals surface area (Å²) in [6.45, 7) is 3.82. The van der Waals surface area contributed by atoms with Crippen LogP contribution in [0.2, 0.25) is 0 Å². The lowest BCUT2D eigenvalue weighted by Gasteiger charge is -2.40. The molecule has 1 saturated heterocycles. The normalized spacial score (nSPS) is 19.5. The summed E-state index contributed by atoms with van der Waals surface area (Å²) < 4.78 is 11.3. The Hall–Kier alpha value is -1.07. The van der Waals surface area contributed by atoms with Crippen molar-refractivity contribution in [2.24, 2.45) is 0 Å². The average molecular weight is 967 g/mol. The lowest BCUT2D eigenvalue weighted by Crippen LogP contribution is -2.60. The molecule has 1 fully saturated rings. The van der Waals surface area contributed by atoms with Crippen LogP contribution >= 0.6 is 0 Å². The zero-order valence-electron chi connectivity index (χ0n) is 44.9. The van der Waals surface area contributed by atoms with Gasteiger partial charge in [0.25, 0.3) is 0 Å². The molecule has 0 aliphatic carbocycles. The number of hydrogen-bond acceptors (Lipinski definition) is 8. The molecule has 1 amide bonds. The summed E-state index contributed by atoms with van der Waals surface area (Å²) in [7, 11) is 0. The molecule has 0 saturated carbocycles. The summed E-state index contributed by atoms with van der Waals surface area (Å²) in [6.07, 6.45) is 54.4. The highest BCUT2D eigenvalue weighted by molar-refractivity contribution is 5.76. The molecule has 7 unspecified atom stereocenters. The highest BCUT2D eigenvalue weighted by Gasteiger charge is 2.44. The third-order valence-corrected chi connectivity index (χ3v) is 14.6. The predicted molar refractivity (Wildman–Crippen MR) is 286 cm³/mol. The van der Waals surface area contributed by atoms with Gasteiger partial charge in [-0.3, -0.25) is 4.79 Å². The molecule has 68 heavy (non-hydrogen) atoms. The number of nitrogens with one attached hydrogen (secondary N) is 1. The molecule has 1 rings (SSSR count). The van der Waals surface area contributed by atoms with Crippen LogP contribution in [0.5, 0.6) is 0 Å². The summed E-state index contributed by atoms with van der Waals surface area (Å²) in [5, 5.41) is 54.5. The second kappa shape index (κ2) is 49.5. The Labute approximate surface area is 420 Å². The summed E-state index contributed by atoms with van der Waals surface area (Å²) in [5.74, 6) is -0.170. The minimum atomic E-state index is -1.56. The van der Waals surface area contributed by atoms with Crippen LogP contribution < -0.4 is 5.32 Å². The molecule has 0 radical (unpaired) electrons. The highest BCUT2D eigenvalue weighted by atomic mass is 16.7. The molecule has 1 aliphatic rings. The van der Waals surface area contributed by atoms with Gasteiger partial charge in [0.15, 0.2) is 6.29 Å². The van der Waals surface area contributed by atoms with E-state index in [1.54, 1.807) is 6.08 Å². The third-order valence-electron chi connectivity index (χ3n) is 14.6. The summed E-state index contributed by atoms with van der Waals surface area (Å²) in [6, 6.07) is -0.800. The molecule has 0 aromatic carbocycles. The Morgan fingerprint density at radius 2 is 0.809 bits per heavy atom. The molecular weight excluding hydrogens is 851 g/mol. The Bertz CT molecular complexity index is 1080. The monoisotopic (exact) mass is 966 g/mol. The van der Waals surface area contributed by atoms with E-state index in [0.29, 0.717) is 6.42 Å². The van der Waals surface area contributed by atoms with Crippen LogP contribution in [-0.4, -0.2) is 87.5 Å². The van der Waals surface area contributed by atoms with Gasteiger partial charge in [0.1, 0.15) is 24.4 Å². The zero-order valence-corrected chi connectivity index (χ0v) is 44.9. The number of carbonyl (C=O) groups is 1. The first kappa shape index (κ1) is 64.9. The van der Waals surface area contributed by atoms with Gasteiger partial charge in [-0.1, -0.05) is 289 Å². The Kier molecular flexibility index (Phi) is 47.3. The van der Waals surface area contributed by atoms with Crippen LogP contribution in [0.25, 0.3) is 0 Å². The summed E-state index contributed by atoms with van der Waals surface area (Å²) in [5.41, 5.74) is 0. The van der Waals surface area contributed by atoms with Crippen molar-refractivity contribution in [2.75, 3.05) is 13.2 Å². The molecule has 0 aromatic heterocycles. The van der Waals surface area contributed by atoms with E-state index in [1.807, 2.05) is 6.08 Å². The SMILES string of the molecule is CCCCCCCCCCCCCCC/C=C/C(O)C(COC1OC(CO)C(O)C(O)C1O)NC(=O)CCCCCCCCCCCCCCCCCCCCCCCCCCCCCCCC. The fourth-order valence-electron chi connectivity index (χ4n) is 9.87. The number of aliphatic hydroxyl groups excluding tert-OH is 5. The number of amides is 1. The lowest BCUT2D eigenvalue weighted by atomic mass is 9.99. The molecule has 1 heterocycles. The van der Waals surface area contributed by atoms with E-state index >= 15 is 0 Å². The third kappa shape index (κ3) is 38.6. The first-order valence-corrected chi connectivity index (χ1v) is 29.9. The molecular formula is C59H115NO8. The molecule has 1 aliphatic heterocycles. The van der Waals surface area contributed by atoms with E-state index < -0.39 is 49.5 Å². The molecule has 6 N–H and O–H groups in total. The van der Waals surface area contributed by atoms with Crippen molar-refractivity contribution in [2.45, 2.75) is 346 Å². The van der Waals surface area contributed by atoms with Gasteiger partial charge >= 0.3 is 0 Å². The molecule has 0 bridgehead atoms. The fraction of sp³-hybridized carbons (Fsp3) is 0.949. The van der Waals surface area contributed by atoms with E-state index in [1.165, 1.54) is 244 Å². The Morgan fingerprint density at radius 1 is 0.485 bits per heavy atom. The predicted octanol–water partition coefficient (Wildman–Crippen LogP) is 14.8. The molecule has 7 atom stereocenters. The average Bonchev–Trinajstić information content (AvgIpc) is 3.34. The number of rotatable bonds is 52. The van der Waals surface area contributed by atoms with Crippen molar-refractivity contribution in [3.8, 4) is 0 Å². The fourth-order valence-corrected chi connectivity index (χ4v) is 9.87. The van der Waals surface area contributed by atoms with Crippen LogP contribution in [0, 0.1) is 0 Å². The van der Waals surface area contributed by atoms with Gasteiger partial charge in [-0.2, -0.15) is 0 Å². The van der Waals surface area contributed by atoms with Crippen LogP contribution in [0.15, 0.2) is 12.2 Å². The van der Waals surface area contributed by atoms with Crippen molar-refractivity contribution in [3.63, 3.8) is 0 Å². The first-order valence-electron chi connectivity index (χ1n) is 29.9. The molecule has 0 aromatic rings. The standard InChI is InChI=1S/C59H115NO8/c1-3-5-7-9-11-13-15-17-19-20-21-22-23-24-25-26-27-28-29-30-31-32-33-35-37-39-41-43-45-47-49-55(63)60-52(51-67-59-58(66)57(65)56(64)54(50-61)68-59)53(62)48-46-44-42-40-38-36-34-18-16-14-12-10-8-6-4-2/h46,48,52-54,56-59,61-62,64-66H,3-45,47,49-51H2,1-2H3,(H,60,63)/b48-46+. The second-order valence-corrected chi connectivity index (χ2v) is 21.2. The van der Waals surface area contributed by atoms with E-state index in [0.717, 1.165) is 38.5 Å². The van der Waals surface area contributed by atoms with Crippen molar-refractivity contribution in [1.29, 1.82) is 0 Å². The van der Waals surface area contributed by atoms with Crippen molar-refractivity contribution < 1.29 is 39.8 Å². The largest absolute Gasteiger partial charge is 0.394 e. The van der Waals surface area contributed by atoms with Gasteiger partial charge in [0.05, 0.1) is 25.4 Å². The van der Waals surface area contributed by atoms with Crippen LogP contribution in [0.3, 0.4) is 0 Å². The highest BCUT2D eigenvalue weighted by Crippen LogP contribution is 2.23. The lowest BCUT2D eigenvalue weighted by molar-refractivity contribution is -0.302. The van der Waals surface area contributed by atoms with Crippen LogP contribution in [-0.2, 0) is 14.3 Å². The minimum Gasteiger partial charge on any atom is -0.394 e. The maximum Gasteiger partial charge on any atom is 0.220 e. The molecule has 9 heteroatoms. The number of carbonyl (C=O) groups excluding carboxylic acids is 1. The zero-order chi connectivity index (χ0) is 49.4. The van der Waals surface area contributed by atoms with Crippen LogP contribution in [0.4, 0.5) is 0 Å². The second-order valence-electron chi connectivity index (χ2n) is 21.2. The van der Waals surface area contributed by atoms with Crippen molar-refractivity contribution in [1.82, 2.24) is 5.32 Å². The number of aliphatic hydroxyl groups is 5. The van der Waals surface area contributed by atoms with Gasteiger partial charge in [0.2, 0.25) is 5.91 Å². The van der Waals surface area contributed by atoms with Crippen molar-refractivity contribution in [3.05, 3.63) is 12.2 Å². The number of allylic oxidation sites excluding steroid dienone is 1. The van der Waals surface area contributed by atoms with E-state index in [2.05, 4.69) is 19.2 Å². The quantitative estimate of drug-likeness (QED) is 0.0261. The smallest absolute Gasteiger partial charge is 0.220 e.